The van der Waals surface area contributed by atoms with E-state index < -0.39 is 28.0 Å². The van der Waals surface area contributed by atoms with Crippen LogP contribution in [0.4, 0.5) is 0 Å². The number of hydrogen-bond acceptors (Lipinski definition) is 4. The van der Waals surface area contributed by atoms with E-state index in [0.29, 0.717) is 6.42 Å². The van der Waals surface area contributed by atoms with Gasteiger partial charge in [0.25, 0.3) is 10.1 Å². The molecular formula is C42H79NO5S. The Morgan fingerprint density at radius 3 is 1.37 bits per heavy atom. The predicted molar refractivity (Wildman–Crippen MR) is 212 cm³/mol. The monoisotopic (exact) mass is 710 g/mol. The Morgan fingerprint density at radius 1 is 0.551 bits per heavy atom. The Bertz CT molecular complexity index is 914. The first-order valence-electron chi connectivity index (χ1n) is 20.7. The lowest BCUT2D eigenvalue weighted by molar-refractivity contribution is -0.122. The molecule has 0 saturated heterocycles. The van der Waals surface area contributed by atoms with E-state index in [9.17, 15) is 22.9 Å². The number of hydrogen-bond donors (Lipinski definition) is 3. The van der Waals surface area contributed by atoms with Gasteiger partial charge in [0, 0.05) is 6.42 Å². The van der Waals surface area contributed by atoms with Crippen LogP contribution in [0.25, 0.3) is 0 Å². The third-order valence-electron chi connectivity index (χ3n) is 9.31. The van der Waals surface area contributed by atoms with Crippen molar-refractivity contribution in [1.82, 2.24) is 5.32 Å². The topological polar surface area (TPSA) is 104 Å². The molecule has 0 saturated carbocycles. The van der Waals surface area contributed by atoms with Crippen molar-refractivity contribution in [3.63, 3.8) is 0 Å². The minimum atomic E-state index is -4.34. The van der Waals surface area contributed by atoms with Crippen molar-refractivity contribution < 1.29 is 22.9 Å². The molecule has 7 heteroatoms. The summed E-state index contributed by atoms with van der Waals surface area (Å²) in [6.45, 7) is 4.50. The maximum Gasteiger partial charge on any atom is 0.267 e. The summed E-state index contributed by atoms with van der Waals surface area (Å²) in [7, 11) is -4.34. The van der Waals surface area contributed by atoms with E-state index >= 15 is 0 Å². The maximum absolute atomic E-state index is 12.5. The molecule has 0 fully saturated rings. The molecule has 0 aromatic heterocycles. The van der Waals surface area contributed by atoms with Gasteiger partial charge in [-0.25, -0.2) is 0 Å². The highest BCUT2D eigenvalue weighted by molar-refractivity contribution is 7.85. The predicted octanol–water partition coefficient (Wildman–Crippen LogP) is 12.1. The Balaban J connectivity index is 3.91. The molecule has 1 amide bonds. The summed E-state index contributed by atoms with van der Waals surface area (Å²) in [5.41, 5.74) is 0. The molecule has 0 radical (unpaired) electrons. The lowest BCUT2D eigenvalue weighted by Gasteiger charge is -2.21. The van der Waals surface area contributed by atoms with Gasteiger partial charge in [0.1, 0.15) is 0 Å². The van der Waals surface area contributed by atoms with Gasteiger partial charge in [-0.1, -0.05) is 185 Å². The zero-order chi connectivity index (χ0) is 36.1. The van der Waals surface area contributed by atoms with Crippen LogP contribution in [0, 0.1) is 0 Å². The highest BCUT2D eigenvalue weighted by Gasteiger charge is 2.24. The number of carbonyl (C=O) groups is 1. The molecule has 6 nitrogen and oxygen atoms in total. The molecule has 0 rings (SSSR count). The smallest absolute Gasteiger partial charge is 0.267 e. The standard InChI is InChI=1S/C42H79NO5S/c1-3-5-7-9-11-13-15-17-19-20-21-22-24-26-28-30-32-34-36-38-42(45)43-40(39-49(46,47)48)41(44)37-35-33-31-29-27-25-23-18-16-14-12-10-8-6-4-2/h11,13,17,19,35,37,40-41,44H,3-10,12,14-16,18,20-34,36,38-39H2,1-2H3,(H,43,45)(H,46,47,48)/b13-11-,19-17-,37-35+. The molecule has 0 heterocycles. The van der Waals surface area contributed by atoms with E-state index in [4.69, 9.17) is 0 Å². The average Bonchev–Trinajstić information content (AvgIpc) is 3.06. The number of carbonyl (C=O) groups excluding carboxylic acids is 1. The molecule has 0 aromatic rings. The lowest BCUT2D eigenvalue weighted by atomic mass is 10.0. The number of amides is 1. The van der Waals surface area contributed by atoms with Crippen LogP contribution in [0.15, 0.2) is 36.5 Å². The number of unbranched alkanes of at least 4 members (excludes halogenated alkanes) is 25. The molecule has 3 N–H and O–H groups in total. The van der Waals surface area contributed by atoms with Gasteiger partial charge in [-0.2, -0.15) is 8.42 Å². The molecule has 0 aliphatic heterocycles. The second-order valence-electron chi connectivity index (χ2n) is 14.3. The molecule has 0 aliphatic rings. The zero-order valence-corrected chi connectivity index (χ0v) is 32.9. The minimum absolute atomic E-state index is 0.283. The van der Waals surface area contributed by atoms with Crippen molar-refractivity contribution in [3.05, 3.63) is 36.5 Å². The van der Waals surface area contributed by atoms with Crippen LogP contribution < -0.4 is 5.32 Å². The summed E-state index contributed by atoms with van der Waals surface area (Å²) in [5, 5.41) is 13.2. The van der Waals surface area contributed by atoms with Crippen molar-refractivity contribution >= 4 is 16.0 Å². The van der Waals surface area contributed by atoms with Crippen molar-refractivity contribution in [1.29, 1.82) is 0 Å². The van der Waals surface area contributed by atoms with Crippen LogP contribution in [0.1, 0.15) is 206 Å². The quantitative estimate of drug-likeness (QED) is 0.0338. The maximum atomic E-state index is 12.5. The normalized spacial score (nSPS) is 13.6. The fourth-order valence-corrected chi connectivity index (χ4v) is 6.92. The highest BCUT2D eigenvalue weighted by atomic mass is 32.2. The second kappa shape index (κ2) is 36.4. The number of rotatable bonds is 37. The number of nitrogens with one attached hydrogen (secondary N) is 1. The van der Waals surface area contributed by atoms with Gasteiger partial charge < -0.3 is 10.4 Å². The first-order valence-corrected chi connectivity index (χ1v) is 22.3. The van der Waals surface area contributed by atoms with E-state index in [0.717, 1.165) is 44.9 Å². The van der Waals surface area contributed by atoms with Gasteiger partial charge in [-0.05, 0) is 51.4 Å². The van der Waals surface area contributed by atoms with Crippen LogP contribution in [0.2, 0.25) is 0 Å². The summed E-state index contributed by atoms with van der Waals surface area (Å²) in [6.07, 6.45) is 46.9. The minimum Gasteiger partial charge on any atom is -0.387 e. The van der Waals surface area contributed by atoms with Gasteiger partial charge >= 0.3 is 0 Å². The number of aliphatic hydroxyl groups excluding tert-OH is 1. The van der Waals surface area contributed by atoms with E-state index in [2.05, 4.69) is 43.5 Å². The largest absolute Gasteiger partial charge is 0.387 e. The molecule has 288 valence electrons. The third kappa shape index (κ3) is 37.6. The first kappa shape index (κ1) is 47.6. The molecular weight excluding hydrogens is 631 g/mol. The first-order chi connectivity index (χ1) is 23.8. The van der Waals surface area contributed by atoms with Crippen molar-refractivity contribution in [2.45, 2.75) is 219 Å². The lowest BCUT2D eigenvalue weighted by Crippen LogP contribution is -2.46. The van der Waals surface area contributed by atoms with Crippen molar-refractivity contribution in [3.8, 4) is 0 Å². The van der Waals surface area contributed by atoms with Gasteiger partial charge in [0.2, 0.25) is 5.91 Å². The summed E-state index contributed by atoms with van der Waals surface area (Å²) >= 11 is 0. The summed E-state index contributed by atoms with van der Waals surface area (Å²) in [4.78, 5) is 12.5. The highest BCUT2D eigenvalue weighted by Crippen LogP contribution is 2.14. The molecule has 0 aromatic carbocycles. The summed E-state index contributed by atoms with van der Waals surface area (Å²) < 4.78 is 32.5. The summed E-state index contributed by atoms with van der Waals surface area (Å²) in [6, 6.07) is -1.06. The van der Waals surface area contributed by atoms with E-state index in [-0.39, 0.29) is 5.91 Å². The van der Waals surface area contributed by atoms with E-state index in [1.54, 1.807) is 6.08 Å². The summed E-state index contributed by atoms with van der Waals surface area (Å²) in [5.74, 6) is -0.981. The molecule has 2 atom stereocenters. The second-order valence-corrected chi connectivity index (χ2v) is 15.8. The van der Waals surface area contributed by atoms with Crippen molar-refractivity contribution in [2.24, 2.45) is 0 Å². The molecule has 0 spiro atoms. The Kier molecular flexibility index (Phi) is 35.3. The van der Waals surface area contributed by atoms with Crippen LogP contribution in [-0.4, -0.2) is 41.9 Å². The Labute approximate surface area is 304 Å². The molecule has 0 bridgehead atoms. The third-order valence-corrected chi connectivity index (χ3v) is 10.1. The molecule has 49 heavy (non-hydrogen) atoms. The Hall–Kier alpha value is -1.44. The van der Waals surface area contributed by atoms with E-state index in [1.807, 2.05) is 6.08 Å². The van der Waals surface area contributed by atoms with E-state index in [1.165, 1.54) is 141 Å². The van der Waals surface area contributed by atoms with Gasteiger partial charge in [0.05, 0.1) is 17.9 Å². The average molecular weight is 710 g/mol. The molecule has 2 unspecified atom stereocenters. The van der Waals surface area contributed by atoms with Crippen LogP contribution in [0.5, 0.6) is 0 Å². The fraction of sp³-hybridized carbons (Fsp3) is 0.833. The van der Waals surface area contributed by atoms with Gasteiger partial charge in [0.15, 0.2) is 0 Å². The number of aliphatic hydroxyl groups is 1. The SMILES string of the molecule is CCCCC/C=C\C/C=C\CCCCCCCCCCCC(=O)NC(CS(=O)(=O)O)C(O)/C=C/CCCCCCCCCCCCCCC. The fourth-order valence-electron chi connectivity index (χ4n) is 6.19. The van der Waals surface area contributed by atoms with Crippen molar-refractivity contribution in [2.75, 3.05) is 5.75 Å². The van der Waals surface area contributed by atoms with Gasteiger partial charge in [-0.3, -0.25) is 9.35 Å². The Morgan fingerprint density at radius 2 is 0.918 bits per heavy atom. The van der Waals surface area contributed by atoms with Gasteiger partial charge in [-0.15, -0.1) is 0 Å². The zero-order valence-electron chi connectivity index (χ0n) is 32.1. The van der Waals surface area contributed by atoms with Crippen LogP contribution in [-0.2, 0) is 14.9 Å². The van der Waals surface area contributed by atoms with Crippen LogP contribution in [0.3, 0.4) is 0 Å². The molecule has 0 aliphatic carbocycles. The number of allylic oxidation sites excluding steroid dienone is 5. The van der Waals surface area contributed by atoms with Crippen LogP contribution >= 0.6 is 0 Å².